The van der Waals surface area contributed by atoms with E-state index in [1.165, 1.54) is 24.3 Å². The van der Waals surface area contributed by atoms with Gasteiger partial charge in [0, 0.05) is 6.07 Å². The topological polar surface area (TPSA) is 65.7 Å². The zero-order valence-corrected chi connectivity index (χ0v) is 19.9. The van der Waals surface area contributed by atoms with Crippen molar-refractivity contribution in [3.8, 4) is 28.4 Å². The molecule has 0 saturated heterocycles. The van der Waals surface area contributed by atoms with Gasteiger partial charge in [0.1, 0.15) is 17.1 Å². The van der Waals surface area contributed by atoms with E-state index in [1.54, 1.807) is 36.4 Å². The number of fused-ring (bicyclic) bond motifs is 1. The Morgan fingerprint density at radius 2 is 1.42 bits per heavy atom. The summed E-state index contributed by atoms with van der Waals surface area (Å²) < 4.78 is 57.5. The molecule has 0 N–H and O–H groups in total. The first-order valence-corrected chi connectivity index (χ1v) is 11.5. The zero-order chi connectivity index (χ0) is 26.9. The molecule has 8 heteroatoms. The Morgan fingerprint density at radius 3 is 2.08 bits per heavy atom. The fraction of sp³-hybridized carbons (Fsp3) is 0.0667. The third-order valence-corrected chi connectivity index (χ3v) is 5.76. The standard InChI is InChI=1S/C30H19F3O5/c1-18-7-9-21(10-8-18)29(35)37-23-15-16-24-25(17-23)38-28(30(31,32)33)27(26(24)34)36-22-13-11-20(12-14-22)19-5-3-2-4-6-19/h2-17H,1H3. The lowest BCUT2D eigenvalue weighted by Gasteiger charge is -2.14. The summed E-state index contributed by atoms with van der Waals surface area (Å²) in [7, 11) is 0. The smallest absolute Gasteiger partial charge is 0.449 e. The van der Waals surface area contributed by atoms with Crippen molar-refractivity contribution in [2.75, 3.05) is 0 Å². The highest BCUT2D eigenvalue weighted by atomic mass is 19.4. The van der Waals surface area contributed by atoms with Crippen LogP contribution >= 0.6 is 0 Å². The second-order valence-corrected chi connectivity index (χ2v) is 8.49. The molecule has 0 aliphatic rings. The van der Waals surface area contributed by atoms with Gasteiger partial charge in [0.25, 0.3) is 5.76 Å². The van der Waals surface area contributed by atoms with E-state index < -0.39 is 34.7 Å². The lowest BCUT2D eigenvalue weighted by molar-refractivity contribution is -0.154. The van der Waals surface area contributed by atoms with Gasteiger partial charge in [-0.2, -0.15) is 13.2 Å². The molecule has 0 saturated carbocycles. The van der Waals surface area contributed by atoms with Crippen LogP contribution in [0.15, 0.2) is 106 Å². The summed E-state index contributed by atoms with van der Waals surface area (Å²) in [5, 5.41) is -0.163. The number of benzene rings is 4. The average molecular weight is 516 g/mol. The predicted octanol–water partition coefficient (Wildman–Crippen LogP) is 7.80. The largest absolute Gasteiger partial charge is 0.453 e. The first-order chi connectivity index (χ1) is 18.2. The summed E-state index contributed by atoms with van der Waals surface area (Å²) in [6.07, 6.45) is -5.03. The molecular formula is C30H19F3O5. The molecule has 0 fully saturated rings. The fourth-order valence-electron chi connectivity index (χ4n) is 3.82. The van der Waals surface area contributed by atoms with Gasteiger partial charge in [-0.15, -0.1) is 0 Å². The number of aryl methyl sites for hydroxylation is 1. The summed E-state index contributed by atoms with van der Waals surface area (Å²) in [6, 6.07) is 25.9. The number of hydrogen-bond donors (Lipinski definition) is 0. The minimum atomic E-state index is -5.03. The molecule has 0 aliphatic carbocycles. The highest BCUT2D eigenvalue weighted by Gasteiger charge is 2.40. The number of ether oxygens (including phenoxy) is 2. The fourth-order valence-corrected chi connectivity index (χ4v) is 3.82. The van der Waals surface area contributed by atoms with Crippen molar-refractivity contribution in [1.29, 1.82) is 0 Å². The zero-order valence-electron chi connectivity index (χ0n) is 19.9. The molecule has 0 unspecified atom stereocenters. The number of rotatable bonds is 5. The van der Waals surface area contributed by atoms with Crippen molar-refractivity contribution in [2.45, 2.75) is 13.1 Å². The lowest BCUT2D eigenvalue weighted by atomic mass is 10.1. The van der Waals surface area contributed by atoms with Crippen molar-refractivity contribution >= 4 is 16.9 Å². The minimum Gasteiger partial charge on any atom is -0.449 e. The van der Waals surface area contributed by atoms with Crippen molar-refractivity contribution in [2.24, 2.45) is 0 Å². The summed E-state index contributed by atoms with van der Waals surface area (Å²) in [5.41, 5.74) is 1.53. The highest BCUT2D eigenvalue weighted by Crippen LogP contribution is 2.39. The van der Waals surface area contributed by atoms with Gasteiger partial charge in [-0.1, -0.05) is 60.2 Å². The summed E-state index contributed by atoms with van der Waals surface area (Å²) >= 11 is 0. The van der Waals surface area contributed by atoms with Crippen LogP contribution in [0.4, 0.5) is 13.2 Å². The molecule has 0 bridgehead atoms. The average Bonchev–Trinajstić information content (AvgIpc) is 2.91. The number of esters is 1. The number of alkyl halides is 3. The maximum absolute atomic E-state index is 13.9. The molecule has 4 aromatic carbocycles. The van der Waals surface area contributed by atoms with E-state index in [0.29, 0.717) is 0 Å². The van der Waals surface area contributed by atoms with Crippen molar-refractivity contribution < 1.29 is 31.9 Å². The van der Waals surface area contributed by atoms with Crippen LogP contribution in [0.25, 0.3) is 22.1 Å². The van der Waals surface area contributed by atoms with Gasteiger partial charge in [0.2, 0.25) is 11.2 Å². The number of carbonyl (C=O) groups is 1. The summed E-state index contributed by atoms with van der Waals surface area (Å²) in [6.45, 7) is 1.86. The molecule has 5 rings (SSSR count). The van der Waals surface area contributed by atoms with E-state index >= 15 is 0 Å². The predicted molar refractivity (Wildman–Crippen MR) is 136 cm³/mol. The van der Waals surface area contributed by atoms with Crippen LogP contribution in [0.2, 0.25) is 0 Å². The first kappa shape index (κ1) is 24.8. The van der Waals surface area contributed by atoms with Gasteiger partial charge < -0.3 is 13.9 Å². The highest BCUT2D eigenvalue weighted by molar-refractivity contribution is 5.91. The van der Waals surface area contributed by atoms with Crippen LogP contribution in [0, 0.1) is 6.92 Å². The van der Waals surface area contributed by atoms with E-state index in [-0.39, 0.29) is 22.4 Å². The monoisotopic (exact) mass is 516 g/mol. The summed E-state index contributed by atoms with van der Waals surface area (Å²) in [4.78, 5) is 25.5. The van der Waals surface area contributed by atoms with Gasteiger partial charge in [-0.3, -0.25) is 4.79 Å². The van der Waals surface area contributed by atoms with Crippen LogP contribution < -0.4 is 14.9 Å². The molecular weight excluding hydrogens is 497 g/mol. The molecule has 1 heterocycles. The number of hydrogen-bond acceptors (Lipinski definition) is 5. The van der Waals surface area contributed by atoms with E-state index in [9.17, 15) is 22.8 Å². The van der Waals surface area contributed by atoms with Crippen LogP contribution in [0.3, 0.4) is 0 Å². The van der Waals surface area contributed by atoms with E-state index in [4.69, 9.17) is 13.9 Å². The Balaban J connectivity index is 1.48. The van der Waals surface area contributed by atoms with E-state index in [0.717, 1.165) is 22.8 Å². The van der Waals surface area contributed by atoms with Crippen LogP contribution in [0.1, 0.15) is 21.7 Å². The third kappa shape index (κ3) is 5.15. The van der Waals surface area contributed by atoms with Gasteiger partial charge in [-0.25, -0.2) is 4.79 Å². The Kier molecular flexibility index (Phi) is 6.46. The Hall–Kier alpha value is -4.85. The lowest BCUT2D eigenvalue weighted by Crippen LogP contribution is -2.15. The summed E-state index contributed by atoms with van der Waals surface area (Å²) in [5.74, 6) is -3.33. The second-order valence-electron chi connectivity index (χ2n) is 8.49. The van der Waals surface area contributed by atoms with Gasteiger partial charge in [0.05, 0.1) is 10.9 Å². The third-order valence-electron chi connectivity index (χ3n) is 5.76. The van der Waals surface area contributed by atoms with Crippen molar-refractivity contribution in [3.05, 3.63) is 124 Å². The number of carbonyl (C=O) groups excluding carboxylic acids is 1. The van der Waals surface area contributed by atoms with Gasteiger partial charge >= 0.3 is 12.1 Å². The Morgan fingerprint density at radius 1 is 0.789 bits per heavy atom. The van der Waals surface area contributed by atoms with Gasteiger partial charge in [-0.05, 0) is 54.4 Å². The van der Waals surface area contributed by atoms with Crippen LogP contribution in [-0.4, -0.2) is 5.97 Å². The normalized spacial score (nSPS) is 11.4. The number of halogens is 3. The van der Waals surface area contributed by atoms with Crippen LogP contribution in [0.5, 0.6) is 17.2 Å². The molecule has 1 aromatic heterocycles. The van der Waals surface area contributed by atoms with E-state index in [1.807, 2.05) is 37.3 Å². The molecule has 0 aliphatic heterocycles. The molecule has 38 heavy (non-hydrogen) atoms. The molecule has 5 aromatic rings. The molecule has 0 radical (unpaired) electrons. The Bertz CT molecular complexity index is 1670. The molecule has 5 nitrogen and oxygen atoms in total. The quantitative estimate of drug-likeness (QED) is 0.176. The molecule has 0 amide bonds. The van der Waals surface area contributed by atoms with Crippen molar-refractivity contribution in [3.63, 3.8) is 0 Å². The first-order valence-electron chi connectivity index (χ1n) is 11.5. The SMILES string of the molecule is Cc1ccc(C(=O)Oc2ccc3c(=O)c(Oc4ccc(-c5ccccc5)cc4)c(C(F)(F)F)oc3c2)cc1. The molecule has 190 valence electrons. The maximum atomic E-state index is 13.9. The maximum Gasteiger partial charge on any atom is 0.453 e. The van der Waals surface area contributed by atoms with Crippen LogP contribution in [-0.2, 0) is 6.18 Å². The second kappa shape index (κ2) is 9.89. The minimum absolute atomic E-state index is 0.0329. The van der Waals surface area contributed by atoms with Gasteiger partial charge in [0.15, 0.2) is 0 Å². The van der Waals surface area contributed by atoms with Crippen molar-refractivity contribution in [1.82, 2.24) is 0 Å². The van der Waals surface area contributed by atoms with E-state index in [2.05, 4.69) is 0 Å². The molecule has 0 atom stereocenters. The molecule has 0 spiro atoms. The Labute approximate surface area is 214 Å².